The molecule has 0 unspecified atom stereocenters. The number of hydrogen-bond donors (Lipinski definition) is 3. The molecule has 0 bridgehead atoms. The third kappa shape index (κ3) is 2.65. The van der Waals surface area contributed by atoms with E-state index < -0.39 is 0 Å². The molecule has 0 spiro atoms. The molecule has 0 aromatic heterocycles. The Kier molecular flexibility index (Phi) is 3.50. The zero-order valence-electron chi connectivity index (χ0n) is 10.9. The SMILES string of the molecule is CN1C(C)(C)CC(NC(=O)NN)CC1(C)C. The number of nitrogens with zero attached hydrogens (tertiary/aromatic N) is 1. The number of carbonyl (C=O) groups excluding carboxylic acids is 1. The van der Waals surface area contributed by atoms with Crippen molar-refractivity contribution in [1.29, 1.82) is 0 Å². The van der Waals surface area contributed by atoms with E-state index in [9.17, 15) is 4.79 Å². The summed E-state index contributed by atoms with van der Waals surface area (Å²) in [6.07, 6.45) is 1.86. The summed E-state index contributed by atoms with van der Waals surface area (Å²) >= 11 is 0. The van der Waals surface area contributed by atoms with Gasteiger partial charge in [0.25, 0.3) is 0 Å². The standard InChI is InChI=1S/C11H24N4O/c1-10(2)6-8(13-9(16)14-12)7-11(3,4)15(10)5/h8H,6-7,12H2,1-5H3,(H2,13,14,16). The average molecular weight is 228 g/mol. The molecule has 4 N–H and O–H groups in total. The first kappa shape index (κ1) is 13.3. The fourth-order valence-electron chi connectivity index (χ4n) is 2.70. The molecule has 94 valence electrons. The Morgan fingerprint density at radius 1 is 1.25 bits per heavy atom. The molecule has 1 heterocycles. The smallest absolute Gasteiger partial charge is 0.329 e. The van der Waals surface area contributed by atoms with E-state index in [-0.39, 0.29) is 23.2 Å². The maximum Gasteiger partial charge on any atom is 0.329 e. The second kappa shape index (κ2) is 4.22. The van der Waals surface area contributed by atoms with E-state index in [2.05, 4.69) is 50.4 Å². The maximum absolute atomic E-state index is 11.2. The maximum atomic E-state index is 11.2. The minimum Gasteiger partial charge on any atom is -0.334 e. The van der Waals surface area contributed by atoms with Crippen molar-refractivity contribution in [2.24, 2.45) is 5.84 Å². The zero-order chi connectivity index (χ0) is 12.6. The lowest BCUT2D eigenvalue weighted by atomic mass is 9.77. The third-order valence-electron chi connectivity index (χ3n) is 3.77. The molecular formula is C11H24N4O. The van der Waals surface area contributed by atoms with E-state index in [0.29, 0.717) is 0 Å². The van der Waals surface area contributed by atoms with Gasteiger partial charge >= 0.3 is 6.03 Å². The summed E-state index contributed by atoms with van der Waals surface area (Å²) in [4.78, 5) is 13.6. The monoisotopic (exact) mass is 228 g/mol. The van der Waals surface area contributed by atoms with Crippen LogP contribution in [-0.4, -0.2) is 35.1 Å². The van der Waals surface area contributed by atoms with Crippen LogP contribution in [0.25, 0.3) is 0 Å². The van der Waals surface area contributed by atoms with Gasteiger partial charge in [-0.1, -0.05) is 0 Å². The number of piperidine rings is 1. The Morgan fingerprint density at radius 2 is 1.69 bits per heavy atom. The van der Waals surface area contributed by atoms with Crippen LogP contribution in [0.5, 0.6) is 0 Å². The Bertz CT molecular complexity index is 257. The van der Waals surface area contributed by atoms with Crippen LogP contribution in [0.15, 0.2) is 0 Å². The predicted molar refractivity (Wildman–Crippen MR) is 64.8 cm³/mol. The number of nitrogens with one attached hydrogen (secondary N) is 2. The van der Waals surface area contributed by atoms with Crippen molar-refractivity contribution >= 4 is 6.03 Å². The number of amides is 2. The highest BCUT2D eigenvalue weighted by molar-refractivity contribution is 5.73. The van der Waals surface area contributed by atoms with Gasteiger partial charge in [-0.3, -0.25) is 10.3 Å². The van der Waals surface area contributed by atoms with Crippen LogP contribution in [0.2, 0.25) is 0 Å². The van der Waals surface area contributed by atoms with Crippen LogP contribution < -0.4 is 16.6 Å². The van der Waals surface area contributed by atoms with E-state index in [4.69, 9.17) is 5.84 Å². The Hall–Kier alpha value is -0.810. The zero-order valence-corrected chi connectivity index (χ0v) is 10.9. The first-order valence-corrected chi connectivity index (χ1v) is 5.70. The minimum absolute atomic E-state index is 0.0777. The molecule has 5 nitrogen and oxygen atoms in total. The molecule has 1 aliphatic heterocycles. The van der Waals surface area contributed by atoms with Gasteiger partial charge in [-0.05, 0) is 47.6 Å². The number of hydrogen-bond acceptors (Lipinski definition) is 3. The molecule has 0 aromatic carbocycles. The lowest BCUT2D eigenvalue weighted by molar-refractivity contribution is -0.0158. The molecule has 0 aromatic rings. The molecule has 0 radical (unpaired) electrons. The predicted octanol–water partition coefficient (Wildman–Crippen LogP) is 0.811. The quantitative estimate of drug-likeness (QED) is 0.353. The summed E-state index contributed by atoms with van der Waals surface area (Å²) in [5, 5.41) is 2.90. The van der Waals surface area contributed by atoms with E-state index in [1.807, 2.05) is 0 Å². The Labute approximate surface area is 97.7 Å². The molecule has 16 heavy (non-hydrogen) atoms. The van der Waals surface area contributed by atoms with Crippen molar-refractivity contribution in [1.82, 2.24) is 15.6 Å². The summed E-state index contributed by atoms with van der Waals surface area (Å²) in [5.41, 5.74) is 2.27. The molecule has 1 saturated heterocycles. The van der Waals surface area contributed by atoms with Gasteiger partial charge in [0.15, 0.2) is 0 Å². The van der Waals surface area contributed by atoms with Gasteiger partial charge in [0.2, 0.25) is 0 Å². The molecule has 1 rings (SSSR count). The molecule has 0 aliphatic carbocycles. The highest BCUT2D eigenvalue weighted by Gasteiger charge is 2.43. The average Bonchev–Trinajstić information content (AvgIpc) is 2.13. The van der Waals surface area contributed by atoms with Gasteiger partial charge in [0, 0.05) is 17.1 Å². The second-order valence-corrected chi connectivity index (χ2v) is 5.91. The summed E-state index contributed by atoms with van der Waals surface area (Å²) in [6.45, 7) is 8.79. The molecule has 5 heteroatoms. The third-order valence-corrected chi connectivity index (χ3v) is 3.77. The highest BCUT2D eigenvalue weighted by atomic mass is 16.2. The molecule has 1 aliphatic rings. The van der Waals surface area contributed by atoms with Gasteiger partial charge in [-0.15, -0.1) is 0 Å². The van der Waals surface area contributed by atoms with Crippen LogP contribution in [0, 0.1) is 0 Å². The van der Waals surface area contributed by atoms with Gasteiger partial charge in [-0.2, -0.15) is 0 Å². The number of carbonyl (C=O) groups is 1. The fourth-order valence-corrected chi connectivity index (χ4v) is 2.70. The van der Waals surface area contributed by atoms with Crippen LogP contribution >= 0.6 is 0 Å². The van der Waals surface area contributed by atoms with Crippen molar-refractivity contribution in [2.75, 3.05) is 7.05 Å². The van der Waals surface area contributed by atoms with Gasteiger partial charge in [0.1, 0.15) is 0 Å². The van der Waals surface area contributed by atoms with Crippen molar-refractivity contribution in [3.63, 3.8) is 0 Å². The largest absolute Gasteiger partial charge is 0.334 e. The van der Waals surface area contributed by atoms with E-state index in [1.54, 1.807) is 0 Å². The Morgan fingerprint density at radius 3 is 2.06 bits per heavy atom. The van der Waals surface area contributed by atoms with Crippen molar-refractivity contribution < 1.29 is 4.79 Å². The normalized spacial score (nSPS) is 25.1. The number of rotatable bonds is 1. The molecule has 2 amide bonds. The van der Waals surface area contributed by atoms with E-state index >= 15 is 0 Å². The number of nitrogens with two attached hydrogens (primary N) is 1. The first-order valence-electron chi connectivity index (χ1n) is 5.70. The number of urea groups is 1. The summed E-state index contributed by atoms with van der Waals surface area (Å²) in [7, 11) is 2.14. The molecule has 0 atom stereocenters. The summed E-state index contributed by atoms with van der Waals surface area (Å²) in [6, 6.07) is -0.133. The van der Waals surface area contributed by atoms with Crippen molar-refractivity contribution in [3.8, 4) is 0 Å². The molecular weight excluding hydrogens is 204 g/mol. The van der Waals surface area contributed by atoms with Crippen LogP contribution in [0.4, 0.5) is 4.79 Å². The summed E-state index contributed by atoms with van der Waals surface area (Å²) in [5.74, 6) is 5.08. The minimum atomic E-state index is -0.304. The fraction of sp³-hybridized carbons (Fsp3) is 0.909. The lowest BCUT2D eigenvalue weighted by Crippen LogP contribution is -2.63. The Balaban J connectivity index is 2.75. The van der Waals surface area contributed by atoms with Gasteiger partial charge in [-0.25, -0.2) is 10.6 Å². The van der Waals surface area contributed by atoms with Gasteiger partial charge in [0.05, 0.1) is 0 Å². The highest BCUT2D eigenvalue weighted by Crippen LogP contribution is 2.36. The van der Waals surface area contributed by atoms with Crippen LogP contribution in [0.1, 0.15) is 40.5 Å². The van der Waals surface area contributed by atoms with E-state index in [1.165, 1.54) is 0 Å². The van der Waals surface area contributed by atoms with Crippen LogP contribution in [0.3, 0.4) is 0 Å². The second-order valence-electron chi connectivity index (χ2n) is 5.91. The van der Waals surface area contributed by atoms with Crippen LogP contribution in [-0.2, 0) is 0 Å². The van der Waals surface area contributed by atoms with Crippen molar-refractivity contribution in [2.45, 2.75) is 57.7 Å². The van der Waals surface area contributed by atoms with Crippen molar-refractivity contribution in [3.05, 3.63) is 0 Å². The topological polar surface area (TPSA) is 70.4 Å². The van der Waals surface area contributed by atoms with Gasteiger partial charge < -0.3 is 5.32 Å². The molecule has 1 fully saturated rings. The molecule has 0 saturated carbocycles. The number of hydrazine groups is 1. The summed E-state index contributed by atoms with van der Waals surface area (Å²) < 4.78 is 0. The first-order chi connectivity index (χ1) is 7.19. The number of likely N-dealkylation sites (tertiary alicyclic amines) is 1. The lowest BCUT2D eigenvalue weighted by Gasteiger charge is -2.53. The van der Waals surface area contributed by atoms with E-state index in [0.717, 1.165) is 12.8 Å².